The van der Waals surface area contributed by atoms with Crippen molar-refractivity contribution < 1.29 is 26.6 Å². The van der Waals surface area contributed by atoms with Crippen molar-refractivity contribution in [2.24, 2.45) is 14.1 Å². The van der Waals surface area contributed by atoms with Crippen LogP contribution in [0.3, 0.4) is 0 Å². The van der Waals surface area contributed by atoms with Gasteiger partial charge in [0.15, 0.2) is 12.7 Å². The minimum Gasteiger partial charge on any atom is -0.726 e. The molecule has 7 nitrogen and oxygen atoms in total. The van der Waals surface area contributed by atoms with Gasteiger partial charge in [-0.25, -0.2) is 8.42 Å². The third-order valence-electron chi connectivity index (χ3n) is 4.82. The van der Waals surface area contributed by atoms with Crippen LogP contribution in [-0.2, 0) is 28.7 Å². The van der Waals surface area contributed by atoms with Gasteiger partial charge in [-0.2, -0.15) is 4.68 Å². The number of hydrogen-bond donors (Lipinski definition) is 0. The zero-order valence-electron chi connectivity index (χ0n) is 18.4. The number of nitrogens with zero attached hydrogens (tertiary/aromatic N) is 2. The van der Waals surface area contributed by atoms with Crippen molar-refractivity contribution in [3.05, 3.63) is 60.7 Å². The lowest BCUT2D eigenvalue weighted by Gasteiger charge is -2.07. The first kappa shape index (κ1) is 24.6. The van der Waals surface area contributed by atoms with Crippen LogP contribution in [0.2, 0.25) is 0 Å². The summed E-state index contributed by atoms with van der Waals surface area (Å²) in [5.41, 5.74) is 4.60. The third-order valence-corrected chi connectivity index (χ3v) is 5.23. The highest BCUT2D eigenvalue weighted by Gasteiger charge is 2.29. The van der Waals surface area contributed by atoms with E-state index in [1.165, 1.54) is 24.0 Å². The Hall–Kier alpha value is -2.68. The summed E-state index contributed by atoms with van der Waals surface area (Å²) in [6, 6.07) is 21.0. The second-order valence-electron chi connectivity index (χ2n) is 6.94. The monoisotopic (exact) mass is 446 g/mol. The molecule has 3 rings (SSSR count). The Morgan fingerprint density at radius 1 is 0.968 bits per heavy atom. The molecule has 0 aliphatic rings. The maximum absolute atomic E-state index is 9.22. The molecule has 8 heteroatoms. The Morgan fingerprint density at radius 3 is 1.97 bits per heavy atom. The van der Waals surface area contributed by atoms with Gasteiger partial charge in [0.1, 0.15) is 0 Å². The average molecular weight is 447 g/mol. The van der Waals surface area contributed by atoms with Crippen LogP contribution < -0.4 is 9.42 Å². The van der Waals surface area contributed by atoms with Gasteiger partial charge in [-0.15, -0.1) is 4.68 Å². The Labute approximate surface area is 184 Å². The van der Waals surface area contributed by atoms with E-state index in [1.54, 1.807) is 0 Å². The topological polar surface area (TPSA) is 84.5 Å². The van der Waals surface area contributed by atoms with E-state index in [0.717, 1.165) is 37.3 Å². The summed E-state index contributed by atoms with van der Waals surface area (Å²) in [5.74, 6) is 0.971. The van der Waals surface area contributed by atoms with Crippen LogP contribution in [0.4, 0.5) is 0 Å². The number of rotatable bonds is 8. The second-order valence-corrected chi connectivity index (χ2v) is 8.09. The van der Waals surface area contributed by atoms with E-state index in [2.05, 4.69) is 83.1 Å². The van der Waals surface area contributed by atoms with Gasteiger partial charge < -0.3 is 9.29 Å². The number of benzene rings is 2. The summed E-state index contributed by atoms with van der Waals surface area (Å²) in [6.07, 6.45) is 3.47. The molecular formula is C23H30N2O5S. The maximum atomic E-state index is 9.22. The van der Waals surface area contributed by atoms with E-state index in [1.807, 2.05) is 12.1 Å². The number of ether oxygens (including phenoxy) is 1. The molecule has 1 heterocycles. The molecule has 0 saturated heterocycles. The van der Waals surface area contributed by atoms with Crippen LogP contribution in [0, 0.1) is 0 Å². The highest BCUT2D eigenvalue weighted by molar-refractivity contribution is 7.80. The lowest BCUT2D eigenvalue weighted by molar-refractivity contribution is -0.740. The molecule has 31 heavy (non-hydrogen) atoms. The first-order valence-corrected chi connectivity index (χ1v) is 11.5. The minimum atomic E-state index is -4.41. The molecule has 168 valence electrons. The van der Waals surface area contributed by atoms with E-state index in [0.29, 0.717) is 0 Å². The van der Waals surface area contributed by atoms with Gasteiger partial charge in [-0.05, 0) is 18.6 Å². The lowest BCUT2D eigenvalue weighted by Crippen LogP contribution is -2.39. The third kappa shape index (κ3) is 6.92. The zero-order chi connectivity index (χ0) is 22.9. The largest absolute Gasteiger partial charge is 0.726 e. The van der Waals surface area contributed by atoms with E-state index < -0.39 is 10.4 Å². The fourth-order valence-electron chi connectivity index (χ4n) is 3.20. The van der Waals surface area contributed by atoms with Gasteiger partial charge in [-0.1, -0.05) is 68.3 Å². The average Bonchev–Trinajstić information content (AvgIpc) is 3.02. The number of hydrogen-bond acceptors (Lipinski definition) is 5. The first-order chi connectivity index (χ1) is 14.8. The Balaban J connectivity index is 0.000000501. The molecule has 1 aromatic heterocycles. The Kier molecular flexibility index (Phi) is 9.23. The van der Waals surface area contributed by atoms with Crippen LogP contribution >= 0.6 is 0 Å². The van der Waals surface area contributed by atoms with Gasteiger partial charge >= 0.3 is 0 Å². The van der Waals surface area contributed by atoms with Crippen LogP contribution in [0.25, 0.3) is 22.5 Å². The van der Waals surface area contributed by atoms with E-state index in [-0.39, 0.29) is 0 Å². The Bertz CT molecular complexity index is 986. The normalized spacial score (nSPS) is 11.0. The highest BCUT2D eigenvalue weighted by atomic mass is 32.3. The van der Waals surface area contributed by atoms with Gasteiger partial charge in [0.25, 0.3) is 5.69 Å². The van der Waals surface area contributed by atoms with Crippen molar-refractivity contribution in [1.82, 2.24) is 4.68 Å². The van der Waals surface area contributed by atoms with Gasteiger partial charge in [0, 0.05) is 5.56 Å². The lowest BCUT2D eigenvalue weighted by atomic mass is 10.1. The molecule has 0 bridgehead atoms. The molecule has 0 atom stereocenters. The van der Waals surface area contributed by atoms with Gasteiger partial charge in [0.2, 0.25) is 16.1 Å². The quantitative estimate of drug-likeness (QED) is 0.227. The summed E-state index contributed by atoms with van der Waals surface area (Å²) in [5, 5.41) is 0. The van der Waals surface area contributed by atoms with Crippen molar-refractivity contribution in [1.29, 1.82) is 0 Å². The fourth-order valence-corrected chi connectivity index (χ4v) is 3.20. The van der Waals surface area contributed by atoms with E-state index >= 15 is 0 Å². The zero-order valence-corrected chi connectivity index (χ0v) is 19.3. The summed E-state index contributed by atoms with van der Waals surface area (Å²) in [4.78, 5) is 0. The molecule has 0 radical (unpaired) electrons. The molecule has 0 saturated carbocycles. The fraction of sp³-hybridized carbons (Fsp3) is 0.348. The molecule has 0 fully saturated rings. The van der Waals surface area contributed by atoms with Crippen molar-refractivity contribution >= 4 is 10.4 Å². The minimum absolute atomic E-state index is 0.748. The van der Waals surface area contributed by atoms with Crippen molar-refractivity contribution in [2.75, 3.05) is 13.7 Å². The van der Waals surface area contributed by atoms with E-state index in [4.69, 9.17) is 4.74 Å². The summed E-state index contributed by atoms with van der Waals surface area (Å²) in [6.45, 7) is 2.96. The maximum Gasteiger partial charge on any atom is 0.280 e. The van der Waals surface area contributed by atoms with Gasteiger partial charge in [0.05, 0.1) is 26.3 Å². The van der Waals surface area contributed by atoms with Gasteiger partial charge in [-0.3, -0.25) is 4.18 Å². The summed E-state index contributed by atoms with van der Waals surface area (Å²) < 4.78 is 41.7. The molecule has 0 aliphatic carbocycles. The molecule has 0 unspecified atom stereocenters. The van der Waals surface area contributed by atoms with Crippen molar-refractivity contribution in [2.45, 2.75) is 26.2 Å². The molecule has 0 amide bonds. The standard InChI is InChI=1S/C22H27N2O.CH4O4S/c1-4-5-12-17-25-22-20(18-13-8-6-9-14-18)23(2)24(3)21(22)19-15-10-7-11-16-19;1-5-6(2,3)4/h6-11,13-16H,4-5,12,17H2,1-3H3;1H3,(H,2,3,4)/q+1;/p-1. The van der Waals surface area contributed by atoms with Crippen LogP contribution in [-0.4, -0.2) is 31.4 Å². The van der Waals surface area contributed by atoms with Crippen molar-refractivity contribution in [3.63, 3.8) is 0 Å². The van der Waals surface area contributed by atoms with Crippen molar-refractivity contribution in [3.8, 4) is 28.3 Å². The van der Waals surface area contributed by atoms with Crippen LogP contribution in [0.1, 0.15) is 26.2 Å². The SMILES string of the molecule is CCCCCOc1c(-c2ccccc2)n(C)[n+](C)c1-c1ccccc1.COS(=O)(=O)[O-]. The number of unbranched alkanes of at least 4 members (excludes halogenated alkanes) is 2. The molecule has 2 aromatic carbocycles. The van der Waals surface area contributed by atoms with Crippen LogP contribution in [0.15, 0.2) is 60.7 Å². The second kappa shape index (κ2) is 11.6. The van der Waals surface area contributed by atoms with Crippen LogP contribution in [0.5, 0.6) is 5.75 Å². The smallest absolute Gasteiger partial charge is 0.280 e. The predicted octanol–water partition coefficient (Wildman–Crippen LogP) is 3.85. The number of aromatic nitrogens is 2. The molecule has 3 aromatic rings. The highest BCUT2D eigenvalue weighted by Crippen LogP contribution is 2.37. The summed E-state index contributed by atoms with van der Waals surface area (Å²) >= 11 is 0. The summed E-state index contributed by atoms with van der Waals surface area (Å²) in [7, 11) is 0.578. The molecule has 0 N–H and O–H groups in total. The first-order valence-electron chi connectivity index (χ1n) is 10.1. The Morgan fingerprint density at radius 2 is 1.48 bits per heavy atom. The molecule has 0 spiro atoms. The molecule has 0 aliphatic heterocycles. The van der Waals surface area contributed by atoms with E-state index in [9.17, 15) is 13.0 Å². The predicted molar refractivity (Wildman–Crippen MR) is 119 cm³/mol. The molecular weight excluding hydrogens is 416 g/mol.